The molecule has 12 aromatic rings. The van der Waals surface area contributed by atoms with Gasteiger partial charge < -0.3 is 14.2 Å². The second-order valence-electron chi connectivity index (χ2n) is 14.7. The summed E-state index contributed by atoms with van der Waals surface area (Å²) in [7, 11) is 0. The zero-order valence-electron chi connectivity index (χ0n) is 30.8. The first-order valence-electron chi connectivity index (χ1n) is 19.2. The predicted octanol–water partition coefficient (Wildman–Crippen LogP) is 16.1. The van der Waals surface area contributed by atoms with Gasteiger partial charge in [-0.3, -0.25) is 0 Å². The SMILES string of the molecule is Fc1ccccc1N(c1ccc2ccc3c(N(c4ccccc4F)c4cccc5sc6ccccc6c45)ccc4ccc1c2c43)c1cccc2oc3ccccc3c12. The van der Waals surface area contributed by atoms with E-state index in [0.717, 1.165) is 92.5 Å². The summed E-state index contributed by atoms with van der Waals surface area (Å²) in [5, 5.41) is 10.2. The van der Waals surface area contributed by atoms with Gasteiger partial charge in [-0.1, -0.05) is 109 Å². The molecule has 0 saturated carbocycles. The number of thiophene rings is 1. The van der Waals surface area contributed by atoms with E-state index in [-0.39, 0.29) is 11.6 Å². The van der Waals surface area contributed by atoms with Crippen molar-refractivity contribution in [1.82, 2.24) is 0 Å². The van der Waals surface area contributed by atoms with Crippen molar-refractivity contribution >= 4 is 120 Å². The molecule has 10 aromatic carbocycles. The van der Waals surface area contributed by atoms with Crippen molar-refractivity contribution in [3.8, 4) is 0 Å². The van der Waals surface area contributed by atoms with E-state index in [2.05, 4.69) is 102 Å². The Morgan fingerprint density at radius 3 is 1.47 bits per heavy atom. The maximum absolute atomic E-state index is 16.2. The fourth-order valence-electron chi connectivity index (χ4n) is 9.09. The molecule has 0 fully saturated rings. The maximum atomic E-state index is 16.2. The molecule has 2 heterocycles. The number of para-hydroxylation sites is 3. The molecule has 274 valence electrons. The van der Waals surface area contributed by atoms with Gasteiger partial charge in [-0.25, -0.2) is 8.78 Å². The molecule has 2 aromatic heterocycles. The van der Waals surface area contributed by atoms with E-state index in [1.807, 2.05) is 65.6 Å². The van der Waals surface area contributed by atoms with Gasteiger partial charge >= 0.3 is 0 Å². The third-order valence-electron chi connectivity index (χ3n) is 11.5. The van der Waals surface area contributed by atoms with Crippen molar-refractivity contribution in [3.63, 3.8) is 0 Å². The number of furan rings is 1. The number of fused-ring (bicyclic) bond motifs is 6. The van der Waals surface area contributed by atoms with Crippen LogP contribution in [0.5, 0.6) is 0 Å². The summed E-state index contributed by atoms with van der Waals surface area (Å²) in [5.41, 5.74) is 5.80. The molecular formula is C52H30F2N2OS. The Bertz CT molecular complexity index is 3350. The monoisotopic (exact) mass is 768 g/mol. The molecule has 0 spiro atoms. The zero-order valence-corrected chi connectivity index (χ0v) is 31.6. The lowest BCUT2D eigenvalue weighted by atomic mass is 9.91. The summed E-state index contributed by atoms with van der Waals surface area (Å²) in [5.74, 6) is -0.649. The fourth-order valence-corrected chi connectivity index (χ4v) is 10.2. The van der Waals surface area contributed by atoms with Crippen molar-refractivity contribution in [2.24, 2.45) is 0 Å². The number of anilines is 6. The molecule has 3 nitrogen and oxygen atoms in total. The van der Waals surface area contributed by atoms with E-state index in [1.54, 1.807) is 23.5 Å². The van der Waals surface area contributed by atoms with Gasteiger partial charge in [0.05, 0.1) is 39.5 Å². The highest BCUT2D eigenvalue weighted by atomic mass is 32.1. The second-order valence-corrected chi connectivity index (χ2v) is 15.7. The van der Waals surface area contributed by atoms with Crippen molar-refractivity contribution < 1.29 is 13.2 Å². The van der Waals surface area contributed by atoms with Crippen LogP contribution in [0, 0.1) is 11.6 Å². The summed E-state index contributed by atoms with van der Waals surface area (Å²) in [6.45, 7) is 0. The van der Waals surface area contributed by atoms with E-state index in [9.17, 15) is 0 Å². The normalized spacial score (nSPS) is 12.0. The number of benzene rings is 10. The minimum Gasteiger partial charge on any atom is -0.456 e. The molecule has 0 amide bonds. The Morgan fingerprint density at radius 2 is 0.810 bits per heavy atom. The van der Waals surface area contributed by atoms with E-state index in [1.165, 1.54) is 16.8 Å². The molecule has 0 saturated heterocycles. The first kappa shape index (κ1) is 32.9. The first-order valence-corrected chi connectivity index (χ1v) is 20.0. The van der Waals surface area contributed by atoms with Crippen LogP contribution in [0.25, 0.3) is 74.4 Å². The molecule has 0 aliphatic carbocycles. The lowest BCUT2D eigenvalue weighted by Gasteiger charge is -2.30. The van der Waals surface area contributed by atoms with Gasteiger partial charge in [-0.2, -0.15) is 0 Å². The van der Waals surface area contributed by atoms with Gasteiger partial charge in [0.15, 0.2) is 0 Å². The smallest absolute Gasteiger partial charge is 0.147 e. The molecule has 12 rings (SSSR count). The minimum atomic E-state index is -0.337. The van der Waals surface area contributed by atoms with Crippen LogP contribution in [0.1, 0.15) is 0 Å². The van der Waals surface area contributed by atoms with E-state index in [0.29, 0.717) is 11.4 Å². The minimum absolute atomic E-state index is 0.312. The summed E-state index contributed by atoms with van der Waals surface area (Å²) in [6.07, 6.45) is 0. The number of hydrogen-bond donors (Lipinski definition) is 0. The Morgan fingerprint density at radius 1 is 0.328 bits per heavy atom. The second kappa shape index (κ2) is 12.6. The Kier molecular flexibility index (Phi) is 7.16. The van der Waals surface area contributed by atoms with Crippen LogP contribution in [0.3, 0.4) is 0 Å². The van der Waals surface area contributed by atoms with Gasteiger partial charge in [0.1, 0.15) is 22.8 Å². The molecule has 0 radical (unpaired) electrons. The standard InChI is InChI=1S/C52H30F2N2OS/c53-37-13-3-5-15-41(37)55(43-17-9-20-46-51(43)35-11-1-7-19-45(35)57-46)39-29-25-31-24-28-34-40(30-26-32-23-27-33(39)49(31)50(32)34)56(42-16-6-4-14-38(42)54)44-18-10-22-48-52(44)36-12-2-8-21-47(36)58-48/h1-30H. The zero-order chi connectivity index (χ0) is 38.5. The molecule has 0 bridgehead atoms. The van der Waals surface area contributed by atoms with Crippen LogP contribution in [-0.2, 0) is 0 Å². The van der Waals surface area contributed by atoms with E-state index < -0.39 is 0 Å². The topological polar surface area (TPSA) is 19.6 Å². The highest BCUT2D eigenvalue weighted by Gasteiger charge is 2.26. The Hall–Kier alpha value is -7.28. The number of hydrogen-bond acceptors (Lipinski definition) is 4. The molecule has 6 heteroatoms. The first-order chi connectivity index (χ1) is 28.6. The molecule has 0 atom stereocenters. The Labute approximate surface area is 335 Å². The average molecular weight is 769 g/mol. The highest BCUT2D eigenvalue weighted by Crippen LogP contribution is 2.51. The molecule has 0 aliphatic heterocycles. The highest BCUT2D eigenvalue weighted by molar-refractivity contribution is 7.26. The van der Waals surface area contributed by atoms with Gasteiger partial charge in [0, 0.05) is 36.3 Å². The maximum Gasteiger partial charge on any atom is 0.147 e. The Balaban J connectivity index is 1.16. The fraction of sp³-hybridized carbons (Fsp3) is 0. The molecule has 0 unspecified atom stereocenters. The molecule has 0 aliphatic rings. The van der Waals surface area contributed by atoms with Crippen molar-refractivity contribution in [2.45, 2.75) is 0 Å². The quantitative estimate of drug-likeness (QED) is 0.157. The lowest BCUT2D eigenvalue weighted by Crippen LogP contribution is -2.13. The summed E-state index contributed by atoms with van der Waals surface area (Å²) >= 11 is 1.74. The van der Waals surface area contributed by atoms with Gasteiger partial charge in [-0.05, 0) is 94.3 Å². The van der Waals surface area contributed by atoms with E-state index >= 15 is 8.78 Å². The number of rotatable bonds is 6. The van der Waals surface area contributed by atoms with Gasteiger partial charge in [0.2, 0.25) is 0 Å². The molecule has 0 N–H and O–H groups in total. The van der Waals surface area contributed by atoms with Crippen LogP contribution in [-0.4, -0.2) is 0 Å². The molecule has 58 heavy (non-hydrogen) atoms. The van der Waals surface area contributed by atoms with Crippen molar-refractivity contribution in [3.05, 3.63) is 194 Å². The average Bonchev–Trinajstić information content (AvgIpc) is 3.84. The van der Waals surface area contributed by atoms with Crippen LogP contribution >= 0.6 is 11.3 Å². The summed E-state index contributed by atoms with van der Waals surface area (Å²) in [6, 6.07) is 59.6. The lowest BCUT2D eigenvalue weighted by molar-refractivity contribution is 0.628. The third-order valence-corrected chi connectivity index (χ3v) is 12.7. The van der Waals surface area contributed by atoms with Gasteiger partial charge in [0.25, 0.3) is 0 Å². The summed E-state index contributed by atoms with van der Waals surface area (Å²) < 4.78 is 41.1. The number of halogens is 2. The largest absolute Gasteiger partial charge is 0.456 e. The number of nitrogens with zero attached hydrogens (tertiary/aromatic N) is 2. The van der Waals surface area contributed by atoms with Crippen LogP contribution in [0.2, 0.25) is 0 Å². The van der Waals surface area contributed by atoms with Gasteiger partial charge in [-0.15, -0.1) is 11.3 Å². The predicted molar refractivity (Wildman–Crippen MR) is 240 cm³/mol. The van der Waals surface area contributed by atoms with Crippen LogP contribution in [0.4, 0.5) is 42.9 Å². The van der Waals surface area contributed by atoms with Crippen LogP contribution in [0.15, 0.2) is 186 Å². The van der Waals surface area contributed by atoms with Crippen molar-refractivity contribution in [1.29, 1.82) is 0 Å². The molecular weight excluding hydrogens is 739 g/mol. The van der Waals surface area contributed by atoms with Crippen molar-refractivity contribution in [2.75, 3.05) is 9.80 Å². The third kappa shape index (κ3) is 4.76. The van der Waals surface area contributed by atoms with Crippen LogP contribution < -0.4 is 9.80 Å². The summed E-state index contributed by atoms with van der Waals surface area (Å²) in [4.78, 5) is 4.11. The van der Waals surface area contributed by atoms with E-state index in [4.69, 9.17) is 4.42 Å².